The first kappa shape index (κ1) is 14.5. The molecule has 0 unspecified atom stereocenters. The Morgan fingerprint density at radius 3 is 3.04 bits per heavy atom. The smallest absolute Gasteiger partial charge is 0.0687 e. The molecule has 0 aliphatic carbocycles. The summed E-state index contributed by atoms with van der Waals surface area (Å²) in [5.41, 5.74) is 8.06. The number of aliphatic hydroxyl groups is 1. The Kier molecular flexibility index (Phi) is 3.39. The molecule has 3 aliphatic heterocycles. The highest BCUT2D eigenvalue weighted by atomic mass is 16.3. The molecule has 5 rings (SSSR count). The summed E-state index contributed by atoms with van der Waals surface area (Å²) in [6.07, 6.45) is 3.69. The van der Waals surface area contributed by atoms with Crippen molar-refractivity contribution in [3.8, 4) is 11.1 Å². The lowest BCUT2D eigenvalue weighted by molar-refractivity contribution is 0.282. The SMILES string of the molecule is OCc1ccccc1-c1cc2c3c(c1)[C@@H]1CNCC[C@@H]1N3CCC2. The molecule has 3 heteroatoms. The quantitative estimate of drug-likeness (QED) is 0.893. The monoisotopic (exact) mass is 320 g/mol. The molecule has 3 heterocycles. The molecular formula is C21H24N2O. The minimum atomic E-state index is 0.0995. The number of rotatable bonds is 2. The van der Waals surface area contributed by atoms with E-state index in [-0.39, 0.29) is 6.61 Å². The predicted octanol–water partition coefficient (Wildman–Crippen LogP) is 3.06. The summed E-state index contributed by atoms with van der Waals surface area (Å²) in [5, 5.41) is 13.3. The van der Waals surface area contributed by atoms with Crippen LogP contribution in [0.4, 0.5) is 5.69 Å². The summed E-state index contributed by atoms with van der Waals surface area (Å²) in [7, 11) is 0. The highest BCUT2D eigenvalue weighted by Gasteiger charge is 2.42. The van der Waals surface area contributed by atoms with E-state index < -0.39 is 0 Å². The maximum atomic E-state index is 9.72. The van der Waals surface area contributed by atoms with E-state index in [0.717, 1.165) is 18.7 Å². The number of aliphatic hydroxyl groups excluding tert-OH is 1. The Morgan fingerprint density at radius 2 is 2.12 bits per heavy atom. The highest BCUT2D eigenvalue weighted by Crippen LogP contribution is 2.49. The van der Waals surface area contributed by atoms with E-state index in [2.05, 4.69) is 34.5 Å². The zero-order valence-corrected chi connectivity index (χ0v) is 14.0. The van der Waals surface area contributed by atoms with Gasteiger partial charge < -0.3 is 15.3 Å². The number of aryl methyl sites for hydroxylation is 1. The molecule has 0 saturated carbocycles. The van der Waals surface area contributed by atoms with Crippen LogP contribution in [0.3, 0.4) is 0 Å². The van der Waals surface area contributed by atoms with Gasteiger partial charge in [0.05, 0.1) is 6.61 Å². The maximum absolute atomic E-state index is 9.72. The molecule has 1 fully saturated rings. The average molecular weight is 320 g/mol. The number of hydrogen-bond donors (Lipinski definition) is 2. The molecule has 0 aromatic heterocycles. The van der Waals surface area contributed by atoms with E-state index in [9.17, 15) is 5.11 Å². The molecule has 2 atom stereocenters. The number of nitrogens with zero attached hydrogens (tertiary/aromatic N) is 1. The van der Waals surface area contributed by atoms with Crippen LogP contribution in [0.2, 0.25) is 0 Å². The number of benzene rings is 2. The molecule has 1 saturated heterocycles. The summed E-state index contributed by atoms with van der Waals surface area (Å²) < 4.78 is 0. The number of piperidine rings is 1. The fourth-order valence-corrected chi connectivity index (χ4v) is 5.06. The van der Waals surface area contributed by atoms with Gasteiger partial charge in [0.1, 0.15) is 0 Å². The van der Waals surface area contributed by atoms with E-state index in [0.29, 0.717) is 12.0 Å². The van der Waals surface area contributed by atoms with Gasteiger partial charge in [0.25, 0.3) is 0 Å². The van der Waals surface area contributed by atoms with Gasteiger partial charge in [0.2, 0.25) is 0 Å². The van der Waals surface area contributed by atoms with Crippen LogP contribution in [0.5, 0.6) is 0 Å². The molecule has 0 radical (unpaired) electrons. The first-order valence-corrected chi connectivity index (χ1v) is 9.20. The van der Waals surface area contributed by atoms with Crippen LogP contribution in [0, 0.1) is 0 Å². The van der Waals surface area contributed by atoms with Gasteiger partial charge >= 0.3 is 0 Å². The van der Waals surface area contributed by atoms with Crippen LogP contribution in [0.1, 0.15) is 35.4 Å². The van der Waals surface area contributed by atoms with Crippen molar-refractivity contribution in [2.45, 2.75) is 37.8 Å². The number of hydrogen-bond acceptors (Lipinski definition) is 3. The summed E-state index contributed by atoms with van der Waals surface area (Å²) in [6.45, 7) is 3.55. The zero-order chi connectivity index (χ0) is 16.1. The van der Waals surface area contributed by atoms with Gasteiger partial charge in [-0.1, -0.05) is 24.3 Å². The van der Waals surface area contributed by atoms with Gasteiger partial charge in [-0.2, -0.15) is 0 Å². The van der Waals surface area contributed by atoms with Crippen molar-refractivity contribution in [2.75, 3.05) is 24.5 Å². The van der Waals surface area contributed by atoms with Crippen LogP contribution in [-0.2, 0) is 13.0 Å². The van der Waals surface area contributed by atoms with Crippen molar-refractivity contribution in [1.29, 1.82) is 0 Å². The Balaban J connectivity index is 1.69. The number of fused-ring (bicyclic) bond motifs is 3. The van der Waals surface area contributed by atoms with E-state index in [1.165, 1.54) is 53.7 Å². The van der Waals surface area contributed by atoms with Crippen LogP contribution < -0.4 is 10.2 Å². The third kappa shape index (κ3) is 2.04. The minimum absolute atomic E-state index is 0.0995. The van der Waals surface area contributed by atoms with E-state index in [4.69, 9.17) is 0 Å². The number of nitrogens with one attached hydrogen (secondary N) is 1. The Hall–Kier alpha value is -1.84. The lowest BCUT2D eigenvalue weighted by Gasteiger charge is -2.36. The average Bonchev–Trinajstić information content (AvgIpc) is 2.98. The lowest BCUT2D eigenvalue weighted by atomic mass is 9.87. The van der Waals surface area contributed by atoms with Crippen LogP contribution >= 0.6 is 0 Å². The fourth-order valence-electron chi connectivity index (χ4n) is 5.06. The highest BCUT2D eigenvalue weighted by molar-refractivity contribution is 5.77. The van der Waals surface area contributed by atoms with Crippen LogP contribution in [0.15, 0.2) is 36.4 Å². The Morgan fingerprint density at radius 1 is 1.21 bits per heavy atom. The molecule has 124 valence electrons. The molecule has 2 N–H and O–H groups in total. The second-order valence-electron chi connectivity index (χ2n) is 7.35. The summed E-state index contributed by atoms with van der Waals surface area (Å²) >= 11 is 0. The van der Waals surface area contributed by atoms with Gasteiger partial charge in [-0.05, 0) is 65.8 Å². The molecule has 3 nitrogen and oxygen atoms in total. The zero-order valence-electron chi connectivity index (χ0n) is 14.0. The van der Waals surface area contributed by atoms with Gasteiger partial charge in [-0.3, -0.25) is 0 Å². The summed E-state index contributed by atoms with van der Waals surface area (Å²) in [6, 6.07) is 13.7. The van der Waals surface area contributed by atoms with Crippen molar-refractivity contribution in [2.24, 2.45) is 0 Å². The molecule has 0 spiro atoms. The van der Waals surface area contributed by atoms with Gasteiger partial charge in [-0.25, -0.2) is 0 Å². The third-order valence-corrected chi connectivity index (χ3v) is 6.09. The van der Waals surface area contributed by atoms with Crippen LogP contribution in [0.25, 0.3) is 11.1 Å². The molecule has 0 amide bonds. The van der Waals surface area contributed by atoms with Gasteiger partial charge in [-0.15, -0.1) is 0 Å². The largest absolute Gasteiger partial charge is 0.392 e. The van der Waals surface area contributed by atoms with Crippen molar-refractivity contribution >= 4 is 5.69 Å². The molecule has 0 bridgehead atoms. The van der Waals surface area contributed by atoms with E-state index >= 15 is 0 Å². The lowest BCUT2D eigenvalue weighted by Crippen LogP contribution is -2.45. The van der Waals surface area contributed by atoms with Crippen molar-refractivity contribution in [3.05, 3.63) is 53.1 Å². The predicted molar refractivity (Wildman–Crippen MR) is 97.5 cm³/mol. The Bertz CT molecular complexity index is 785. The standard InChI is InChI=1S/C21H24N2O/c24-13-15-4-1-2-6-17(15)16-10-14-5-3-9-23-20-7-8-22-12-19(20)18(11-16)21(14)23/h1-2,4,6,10-11,19-20,22,24H,3,5,7-9,12-13H2/t19-,20-/m0/s1. The molecule has 2 aromatic carbocycles. The first-order chi connectivity index (χ1) is 11.9. The normalized spacial score (nSPS) is 24.6. The third-order valence-electron chi connectivity index (χ3n) is 6.09. The second kappa shape index (κ2) is 5.61. The number of anilines is 1. The Labute approximate surface area is 143 Å². The van der Waals surface area contributed by atoms with E-state index in [1.54, 1.807) is 0 Å². The summed E-state index contributed by atoms with van der Waals surface area (Å²) in [5.74, 6) is 0.617. The first-order valence-electron chi connectivity index (χ1n) is 9.20. The van der Waals surface area contributed by atoms with Crippen molar-refractivity contribution in [1.82, 2.24) is 5.32 Å². The van der Waals surface area contributed by atoms with Gasteiger partial charge in [0.15, 0.2) is 0 Å². The minimum Gasteiger partial charge on any atom is -0.392 e. The van der Waals surface area contributed by atoms with Crippen molar-refractivity contribution in [3.63, 3.8) is 0 Å². The van der Waals surface area contributed by atoms with Crippen molar-refractivity contribution < 1.29 is 5.11 Å². The van der Waals surface area contributed by atoms with Gasteiger partial charge in [0, 0.05) is 30.7 Å². The molecule has 3 aliphatic rings. The summed E-state index contributed by atoms with van der Waals surface area (Å²) in [4.78, 5) is 2.70. The van der Waals surface area contributed by atoms with E-state index in [1.807, 2.05) is 12.1 Å². The molecule has 24 heavy (non-hydrogen) atoms. The molecular weight excluding hydrogens is 296 g/mol. The van der Waals surface area contributed by atoms with Crippen LogP contribution in [-0.4, -0.2) is 30.8 Å². The fraction of sp³-hybridized carbons (Fsp3) is 0.429. The maximum Gasteiger partial charge on any atom is 0.0687 e. The second-order valence-corrected chi connectivity index (χ2v) is 7.35. The molecule has 2 aromatic rings. The topological polar surface area (TPSA) is 35.5 Å².